The molecule has 0 spiro atoms. The third-order valence-corrected chi connectivity index (χ3v) is 2.91. The van der Waals surface area contributed by atoms with Gasteiger partial charge in [0.25, 0.3) is 5.91 Å². The molecule has 0 unspecified atom stereocenters. The van der Waals surface area contributed by atoms with Crippen molar-refractivity contribution in [2.75, 3.05) is 0 Å². The molecule has 0 saturated heterocycles. The second-order valence-corrected chi connectivity index (χ2v) is 4.18. The summed E-state index contributed by atoms with van der Waals surface area (Å²) in [4.78, 5) is 13.6. The molecule has 3 nitrogen and oxygen atoms in total. The maximum Gasteiger partial charge on any atom is 0.265 e. The number of aromatic amines is 1. The number of fused-ring (bicyclic) bond motifs is 1. The van der Waals surface area contributed by atoms with Crippen molar-refractivity contribution in [2.45, 2.75) is 6.92 Å². The van der Waals surface area contributed by atoms with Crippen molar-refractivity contribution < 1.29 is 9.18 Å². The zero-order valence-electron chi connectivity index (χ0n) is 7.90. The van der Waals surface area contributed by atoms with Gasteiger partial charge in [0, 0.05) is 9.86 Å². The highest BCUT2D eigenvalue weighted by atomic mass is 79.9. The smallest absolute Gasteiger partial charge is 0.265 e. The lowest BCUT2D eigenvalue weighted by molar-refractivity contribution is 0.0996. The van der Waals surface area contributed by atoms with E-state index in [1.165, 1.54) is 6.07 Å². The van der Waals surface area contributed by atoms with Gasteiger partial charge < -0.3 is 10.7 Å². The van der Waals surface area contributed by atoms with Crippen molar-refractivity contribution in [2.24, 2.45) is 5.73 Å². The van der Waals surface area contributed by atoms with Gasteiger partial charge in [-0.2, -0.15) is 0 Å². The van der Waals surface area contributed by atoms with Crippen molar-refractivity contribution >= 4 is 32.7 Å². The molecule has 5 heteroatoms. The highest BCUT2D eigenvalue weighted by Crippen LogP contribution is 2.29. The van der Waals surface area contributed by atoms with Crippen LogP contribution in [0.2, 0.25) is 0 Å². The zero-order valence-corrected chi connectivity index (χ0v) is 9.48. The predicted molar refractivity (Wildman–Crippen MR) is 59.2 cm³/mol. The number of halogens is 2. The Morgan fingerprint density at radius 1 is 1.53 bits per heavy atom. The second kappa shape index (κ2) is 3.34. The Bertz CT molecular complexity index is 562. The molecule has 0 aliphatic carbocycles. The molecular weight excluding hydrogens is 263 g/mol. The number of carbonyl (C=O) groups is 1. The number of aromatic nitrogens is 1. The summed E-state index contributed by atoms with van der Waals surface area (Å²) in [5, 5.41) is 0.618. The summed E-state index contributed by atoms with van der Waals surface area (Å²) in [6.07, 6.45) is 0. The van der Waals surface area contributed by atoms with Crippen LogP contribution in [0.1, 0.15) is 16.1 Å². The zero-order chi connectivity index (χ0) is 11.2. The number of amides is 1. The van der Waals surface area contributed by atoms with E-state index in [1.54, 1.807) is 13.0 Å². The SMILES string of the molecule is Cc1cc(Br)c2cc(C(N)=O)[nH]c2c1F. The van der Waals surface area contributed by atoms with E-state index < -0.39 is 5.91 Å². The fourth-order valence-electron chi connectivity index (χ4n) is 1.48. The molecule has 0 aliphatic rings. The van der Waals surface area contributed by atoms with Gasteiger partial charge in [-0.1, -0.05) is 15.9 Å². The molecular formula is C10H8BrFN2O. The first-order valence-corrected chi connectivity index (χ1v) is 5.07. The lowest BCUT2D eigenvalue weighted by Crippen LogP contribution is -2.10. The normalized spacial score (nSPS) is 10.9. The number of nitrogens with two attached hydrogens (primary N) is 1. The number of rotatable bonds is 1. The first kappa shape index (κ1) is 10.2. The molecule has 0 bridgehead atoms. The maximum atomic E-state index is 13.7. The lowest BCUT2D eigenvalue weighted by Gasteiger charge is -1.99. The number of hydrogen-bond acceptors (Lipinski definition) is 1. The minimum absolute atomic E-state index is 0.204. The van der Waals surface area contributed by atoms with E-state index in [1.807, 2.05) is 0 Å². The van der Waals surface area contributed by atoms with Crippen molar-refractivity contribution in [3.05, 3.63) is 33.7 Å². The third kappa shape index (κ3) is 1.52. The highest BCUT2D eigenvalue weighted by molar-refractivity contribution is 9.10. The molecule has 2 rings (SSSR count). The number of hydrogen-bond donors (Lipinski definition) is 2. The molecule has 2 aromatic rings. The van der Waals surface area contributed by atoms with Crippen LogP contribution in [-0.4, -0.2) is 10.9 Å². The maximum absolute atomic E-state index is 13.7. The first-order chi connectivity index (χ1) is 7.00. The van der Waals surface area contributed by atoms with Gasteiger partial charge in [-0.05, 0) is 24.6 Å². The average Bonchev–Trinajstić information content (AvgIpc) is 2.59. The summed E-state index contributed by atoms with van der Waals surface area (Å²) in [5.41, 5.74) is 6.12. The Labute approximate surface area is 93.6 Å². The van der Waals surface area contributed by atoms with E-state index in [0.717, 1.165) is 4.47 Å². The highest BCUT2D eigenvalue weighted by Gasteiger charge is 2.13. The standard InChI is InChI=1S/C10H8BrFN2O/c1-4-2-6(11)5-3-7(10(13)15)14-9(5)8(4)12/h2-3,14H,1H3,(H2,13,15). The minimum Gasteiger partial charge on any atom is -0.364 e. The van der Waals surface area contributed by atoms with Crippen LogP contribution in [0.15, 0.2) is 16.6 Å². The molecule has 78 valence electrons. The fourth-order valence-corrected chi connectivity index (χ4v) is 2.13. The van der Waals surface area contributed by atoms with E-state index in [-0.39, 0.29) is 11.5 Å². The van der Waals surface area contributed by atoms with Gasteiger partial charge in [0.1, 0.15) is 11.5 Å². The van der Waals surface area contributed by atoms with Crippen molar-refractivity contribution in [1.29, 1.82) is 0 Å². The van der Waals surface area contributed by atoms with Crippen LogP contribution in [-0.2, 0) is 0 Å². The van der Waals surface area contributed by atoms with E-state index in [9.17, 15) is 9.18 Å². The minimum atomic E-state index is -0.602. The molecule has 0 saturated carbocycles. The predicted octanol–water partition coefficient (Wildman–Crippen LogP) is 2.48. The molecule has 3 N–H and O–H groups in total. The Hall–Kier alpha value is -1.36. The van der Waals surface area contributed by atoms with Crippen molar-refractivity contribution in [3.63, 3.8) is 0 Å². The number of benzene rings is 1. The number of carbonyl (C=O) groups excluding carboxylic acids is 1. The lowest BCUT2D eigenvalue weighted by atomic mass is 10.2. The van der Waals surface area contributed by atoms with Gasteiger partial charge in [0.2, 0.25) is 0 Å². The Kier molecular flexibility index (Phi) is 2.26. The van der Waals surface area contributed by atoms with Crippen molar-refractivity contribution in [1.82, 2.24) is 4.98 Å². The summed E-state index contributed by atoms with van der Waals surface area (Å²) < 4.78 is 14.4. The molecule has 1 aromatic carbocycles. The summed E-state index contributed by atoms with van der Waals surface area (Å²) in [7, 11) is 0. The third-order valence-electron chi connectivity index (χ3n) is 2.25. The van der Waals surface area contributed by atoms with E-state index in [4.69, 9.17) is 5.73 Å². The molecule has 1 aromatic heterocycles. The number of aryl methyl sites for hydroxylation is 1. The van der Waals surface area contributed by atoms with Gasteiger partial charge in [-0.25, -0.2) is 4.39 Å². The quantitative estimate of drug-likeness (QED) is 0.822. The molecule has 0 radical (unpaired) electrons. The average molecular weight is 271 g/mol. The van der Waals surface area contributed by atoms with Crippen molar-refractivity contribution in [3.8, 4) is 0 Å². The number of primary amides is 1. The Morgan fingerprint density at radius 2 is 2.20 bits per heavy atom. The molecule has 0 atom stereocenters. The molecule has 1 amide bonds. The van der Waals surface area contributed by atoms with Crippen LogP contribution < -0.4 is 5.73 Å². The van der Waals surface area contributed by atoms with Crippen LogP contribution in [0.4, 0.5) is 4.39 Å². The van der Waals surface area contributed by atoms with E-state index in [0.29, 0.717) is 16.5 Å². The molecule has 0 fully saturated rings. The van der Waals surface area contributed by atoms with E-state index in [2.05, 4.69) is 20.9 Å². The van der Waals surface area contributed by atoms with Gasteiger partial charge in [0.15, 0.2) is 0 Å². The molecule has 0 aliphatic heterocycles. The van der Waals surface area contributed by atoms with Gasteiger partial charge in [0.05, 0.1) is 5.52 Å². The molecule has 1 heterocycles. The Morgan fingerprint density at radius 3 is 2.80 bits per heavy atom. The van der Waals surface area contributed by atoms with Crippen LogP contribution in [0.5, 0.6) is 0 Å². The number of H-pyrrole nitrogens is 1. The molecule has 15 heavy (non-hydrogen) atoms. The monoisotopic (exact) mass is 270 g/mol. The van der Waals surface area contributed by atoms with Crippen LogP contribution in [0.25, 0.3) is 10.9 Å². The van der Waals surface area contributed by atoms with Crippen LogP contribution in [0, 0.1) is 12.7 Å². The van der Waals surface area contributed by atoms with E-state index >= 15 is 0 Å². The first-order valence-electron chi connectivity index (χ1n) is 4.28. The number of nitrogens with one attached hydrogen (secondary N) is 1. The summed E-state index contributed by atoms with van der Waals surface area (Å²) in [6, 6.07) is 3.19. The van der Waals surface area contributed by atoms with Gasteiger partial charge in [-0.3, -0.25) is 4.79 Å². The summed E-state index contributed by atoms with van der Waals surface area (Å²) in [6.45, 7) is 1.66. The van der Waals surface area contributed by atoms with Gasteiger partial charge >= 0.3 is 0 Å². The fraction of sp³-hybridized carbons (Fsp3) is 0.100. The Balaban J connectivity index is 2.85. The second-order valence-electron chi connectivity index (χ2n) is 3.33. The summed E-state index contributed by atoms with van der Waals surface area (Å²) >= 11 is 3.31. The topological polar surface area (TPSA) is 58.9 Å². The van der Waals surface area contributed by atoms with Gasteiger partial charge in [-0.15, -0.1) is 0 Å². The summed E-state index contributed by atoms with van der Waals surface area (Å²) in [5.74, 6) is -0.962. The van der Waals surface area contributed by atoms with Crippen LogP contribution in [0.3, 0.4) is 0 Å². The largest absolute Gasteiger partial charge is 0.364 e. The van der Waals surface area contributed by atoms with Crippen LogP contribution >= 0.6 is 15.9 Å².